The second-order valence-corrected chi connectivity index (χ2v) is 5.18. The first-order chi connectivity index (χ1) is 9.15. The van der Waals surface area contributed by atoms with Crippen LogP contribution in [0.25, 0.3) is 22.3 Å². The van der Waals surface area contributed by atoms with Gasteiger partial charge in [0, 0.05) is 16.0 Å². The molecule has 6 heteroatoms. The number of benzene rings is 2. The lowest BCUT2D eigenvalue weighted by Gasteiger charge is -2.06. The van der Waals surface area contributed by atoms with Crippen LogP contribution in [0.3, 0.4) is 0 Å². The molecular formula is C14H8Cl4N2. The maximum absolute atomic E-state index is 6.18. The number of fused-ring (bicyclic) bond motifs is 1. The zero-order chi connectivity index (χ0) is 13.4. The minimum atomic E-state index is 0. The Kier molecular flexibility index (Phi) is 4.71. The predicted molar refractivity (Wildman–Crippen MR) is 87.3 cm³/mol. The fourth-order valence-electron chi connectivity index (χ4n) is 1.83. The fraction of sp³-hybridized carbons (Fsp3) is 0. The van der Waals surface area contributed by atoms with Crippen molar-refractivity contribution in [3.8, 4) is 11.4 Å². The van der Waals surface area contributed by atoms with E-state index in [4.69, 9.17) is 34.8 Å². The van der Waals surface area contributed by atoms with Gasteiger partial charge >= 0.3 is 0 Å². The van der Waals surface area contributed by atoms with Gasteiger partial charge in [0.05, 0.1) is 10.5 Å². The quantitative estimate of drug-likeness (QED) is 0.530. The largest absolute Gasteiger partial charge is 0.228 e. The minimum Gasteiger partial charge on any atom is -0.228 e. The molecule has 102 valence electrons. The monoisotopic (exact) mass is 344 g/mol. The van der Waals surface area contributed by atoms with E-state index in [9.17, 15) is 0 Å². The van der Waals surface area contributed by atoms with E-state index in [1.54, 1.807) is 18.2 Å². The highest BCUT2D eigenvalue weighted by atomic mass is 35.5. The lowest BCUT2D eigenvalue weighted by molar-refractivity contribution is 1.23. The highest BCUT2D eigenvalue weighted by molar-refractivity contribution is 6.36. The average molecular weight is 346 g/mol. The van der Waals surface area contributed by atoms with Crippen molar-refractivity contribution in [2.24, 2.45) is 0 Å². The number of rotatable bonds is 1. The van der Waals surface area contributed by atoms with Crippen molar-refractivity contribution in [1.82, 2.24) is 9.97 Å². The van der Waals surface area contributed by atoms with Crippen LogP contribution in [0, 0.1) is 0 Å². The van der Waals surface area contributed by atoms with Gasteiger partial charge in [0.25, 0.3) is 0 Å². The Bertz CT molecular complexity index is 774. The third-order valence-corrected chi connectivity index (χ3v) is 3.56. The lowest BCUT2D eigenvalue weighted by Crippen LogP contribution is -1.92. The minimum absolute atomic E-state index is 0. The zero-order valence-electron chi connectivity index (χ0n) is 9.98. The predicted octanol–water partition coefficient (Wildman–Crippen LogP) is 5.68. The summed E-state index contributed by atoms with van der Waals surface area (Å²) in [6.07, 6.45) is 0. The van der Waals surface area contributed by atoms with Crippen molar-refractivity contribution < 1.29 is 0 Å². The van der Waals surface area contributed by atoms with Gasteiger partial charge in [-0.3, -0.25) is 0 Å². The van der Waals surface area contributed by atoms with Crippen LogP contribution in [0.1, 0.15) is 0 Å². The van der Waals surface area contributed by atoms with Crippen molar-refractivity contribution in [3.63, 3.8) is 0 Å². The molecule has 0 unspecified atom stereocenters. The number of para-hydroxylation sites is 1. The van der Waals surface area contributed by atoms with Gasteiger partial charge in [0.1, 0.15) is 5.15 Å². The third-order valence-electron chi connectivity index (χ3n) is 2.73. The van der Waals surface area contributed by atoms with Crippen LogP contribution in [0.15, 0.2) is 42.5 Å². The molecule has 0 amide bonds. The SMILES string of the molecule is Cl.Clc1ccc(-c2nc(Cl)c3ccccc3n2)c(Cl)c1. The summed E-state index contributed by atoms with van der Waals surface area (Å²) in [7, 11) is 0. The van der Waals surface area contributed by atoms with Crippen LogP contribution in [-0.2, 0) is 0 Å². The smallest absolute Gasteiger partial charge is 0.162 e. The Morgan fingerprint density at radius 1 is 0.850 bits per heavy atom. The van der Waals surface area contributed by atoms with Crippen LogP contribution in [0.4, 0.5) is 0 Å². The molecule has 0 saturated heterocycles. The van der Waals surface area contributed by atoms with Gasteiger partial charge in [0.15, 0.2) is 5.82 Å². The van der Waals surface area contributed by atoms with Crippen molar-refractivity contribution >= 4 is 58.1 Å². The summed E-state index contributed by atoms with van der Waals surface area (Å²) >= 11 is 18.2. The fourth-order valence-corrected chi connectivity index (χ4v) is 2.56. The summed E-state index contributed by atoms with van der Waals surface area (Å²) in [5, 5.41) is 2.30. The molecule has 0 fully saturated rings. The molecule has 3 rings (SSSR count). The van der Waals surface area contributed by atoms with Gasteiger partial charge in [-0.05, 0) is 30.3 Å². The molecule has 0 aliphatic rings. The zero-order valence-corrected chi connectivity index (χ0v) is 13.1. The van der Waals surface area contributed by atoms with E-state index in [1.165, 1.54) is 0 Å². The molecule has 20 heavy (non-hydrogen) atoms. The summed E-state index contributed by atoms with van der Waals surface area (Å²) in [5.41, 5.74) is 1.49. The first-order valence-electron chi connectivity index (χ1n) is 5.53. The van der Waals surface area contributed by atoms with E-state index < -0.39 is 0 Å². The van der Waals surface area contributed by atoms with E-state index in [1.807, 2.05) is 24.3 Å². The number of nitrogens with zero attached hydrogens (tertiary/aromatic N) is 2. The topological polar surface area (TPSA) is 25.8 Å². The van der Waals surface area contributed by atoms with E-state index in [0.717, 1.165) is 10.9 Å². The molecule has 0 aliphatic carbocycles. The molecule has 1 aromatic heterocycles. The first-order valence-corrected chi connectivity index (χ1v) is 6.66. The van der Waals surface area contributed by atoms with Gasteiger partial charge in [-0.2, -0.15) is 0 Å². The molecule has 0 spiro atoms. The number of hydrogen-bond acceptors (Lipinski definition) is 2. The van der Waals surface area contributed by atoms with E-state index >= 15 is 0 Å². The molecule has 0 radical (unpaired) electrons. The highest BCUT2D eigenvalue weighted by Crippen LogP contribution is 2.30. The molecule has 0 bridgehead atoms. The second-order valence-electron chi connectivity index (χ2n) is 3.98. The third kappa shape index (κ3) is 2.84. The second kappa shape index (κ2) is 6.15. The molecule has 0 atom stereocenters. The van der Waals surface area contributed by atoms with E-state index in [-0.39, 0.29) is 12.4 Å². The molecule has 0 N–H and O–H groups in total. The summed E-state index contributed by atoms with van der Waals surface area (Å²) in [4.78, 5) is 8.76. The van der Waals surface area contributed by atoms with Gasteiger partial charge in [-0.25, -0.2) is 9.97 Å². The van der Waals surface area contributed by atoms with Crippen LogP contribution < -0.4 is 0 Å². The number of aromatic nitrogens is 2. The molecular weight excluding hydrogens is 338 g/mol. The molecule has 0 saturated carbocycles. The van der Waals surface area contributed by atoms with Crippen molar-refractivity contribution in [2.45, 2.75) is 0 Å². The maximum atomic E-state index is 6.18. The van der Waals surface area contributed by atoms with Gasteiger partial charge in [0.2, 0.25) is 0 Å². The Labute approximate surface area is 137 Å². The normalized spacial score (nSPS) is 10.3. The Morgan fingerprint density at radius 3 is 2.35 bits per heavy atom. The van der Waals surface area contributed by atoms with Crippen LogP contribution in [-0.4, -0.2) is 9.97 Å². The Morgan fingerprint density at radius 2 is 1.60 bits per heavy atom. The molecule has 2 aromatic carbocycles. The van der Waals surface area contributed by atoms with E-state index in [0.29, 0.717) is 26.6 Å². The van der Waals surface area contributed by atoms with Gasteiger partial charge in [-0.15, -0.1) is 12.4 Å². The summed E-state index contributed by atoms with van der Waals surface area (Å²) < 4.78 is 0. The lowest BCUT2D eigenvalue weighted by atomic mass is 10.2. The van der Waals surface area contributed by atoms with E-state index in [2.05, 4.69) is 9.97 Å². The van der Waals surface area contributed by atoms with Crippen molar-refractivity contribution in [3.05, 3.63) is 57.7 Å². The molecule has 3 aromatic rings. The van der Waals surface area contributed by atoms with Crippen LogP contribution in [0.5, 0.6) is 0 Å². The van der Waals surface area contributed by atoms with Gasteiger partial charge in [-0.1, -0.05) is 46.9 Å². The van der Waals surface area contributed by atoms with Crippen molar-refractivity contribution in [1.29, 1.82) is 0 Å². The van der Waals surface area contributed by atoms with Crippen LogP contribution >= 0.6 is 47.2 Å². The van der Waals surface area contributed by atoms with Crippen molar-refractivity contribution in [2.75, 3.05) is 0 Å². The van der Waals surface area contributed by atoms with Gasteiger partial charge < -0.3 is 0 Å². The highest BCUT2D eigenvalue weighted by Gasteiger charge is 2.10. The molecule has 1 heterocycles. The Hall–Kier alpha value is -1.06. The standard InChI is InChI=1S/C14H7Cl3N2.ClH/c15-8-5-6-9(11(16)7-8)14-18-12-4-2-1-3-10(12)13(17)19-14;/h1-7H;1H. The summed E-state index contributed by atoms with van der Waals surface area (Å²) in [5.74, 6) is 0.491. The molecule has 2 nitrogen and oxygen atoms in total. The number of hydrogen-bond donors (Lipinski definition) is 0. The molecule has 0 aliphatic heterocycles. The average Bonchev–Trinajstić information content (AvgIpc) is 2.38. The van der Waals surface area contributed by atoms with Crippen LogP contribution in [0.2, 0.25) is 15.2 Å². The summed E-state index contributed by atoms with van der Waals surface area (Å²) in [6, 6.07) is 12.7. The Balaban J connectivity index is 0.00000147. The maximum Gasteiger partial charge on any atom is 0.162 e. The first kappa shape index (κ1) is 15.3. The summed E-state index contributed by atoms with van der Waals surface area (Å²) in [6.45, 7) is 0. The number of halogens is 4.